The van der Waals surface area contributed by atoms with Gasteiger partial charge in [-0.05, 0) is 99.8 Å². The molecule has 42 heavy (non-hydrogen) atoms. The molecule has 2 aromatic carbocycles. The van der Waals surface area contributed by atoms with Gasteiger partial charge in [-0.15, -0.1) is 0 Å². The van der Waals surface area contributed by atoms with Crippen molar-refractivity contribution in [2.24, 2.45) is 17.8 Å². The molecule has 2 aliphatic rings. The molecule has 222 valence electrons. The van der Waals surface area contributed by atoms with Gasteiger partial charge in [0.25, 0.3) is 0 Å². The first-order chi connectivity index (χ1) is 20.1. The van der Waals surface area contributed by atoms with Gasteiger partial charge in [0, 0.05) is 17.9 Å². The standard InChI is InChI=1S/C36H42O6/c1-22(2)16-28-18-27(25-10-6-23(3)7-11-25)19-30(26-12-15-32(39)35(20-26)42-5)36(28)33(40)21-29(37)13-8-24-9-14-31(38)34(17-24)41-4/h6,8-9,12-18,20-21,25,28,30,36-39H,7,10-11,19H2,1-5H3/b13-8+,29-21-/t25-,28-,30+,36-/m0/s1. The van der Waals surface area contributed by atoms with Crippen molar-refractivity contribution in [1.82, 2.24) is 0 Å². The fourth-order valence-electron chi connectivity index (χ4n) is 6.12. The van der Waals surface area contributed by atoms with Crippen LogP contribution in [0.15, 0.2) is 89.3 Å². The largest absolute Gasteiger partial charge is 0.508 e. The number of phenols is 2. The molecule has 2 aliphatic carbocycles. The molecule has 0 radical (unpaired) electrons. The molecule has 0 amide bonds. The lowest BCUT2D eigenvalue weighted by Crippen LogP contribution is -2.32. The van der Waals surface area contributed by atoms with Gasteiger partial charge in [-0.25, -0.2) is 0 Å². The van der Waals surface area contributed by atoms with Crippen LogP contribution in [0.2, 0.25) is 0 Å². The minimum absolute atomic E-state index is 0.0240. The summed E-state index contributed by atoms with van der Waals surface area (Å²) in [4.78, 5) is 14.0. The first-order valence-electron chi connectivity index (χ1n) is 14.5. The maximum Gasteiger partial charge on any atom is 0.163 e. The average molecular weight is 571 g/mol. The Kier molecular flexibility index (Phi) is 10.00. The second kappa shape index (κ2) is 13.6. The highest BCUT2D eigenvalue weighted by atomic mass is 16.5. The molecule has 6 nitrogen and oxygen atoms in total. The number of benzene rings is 2. The van der Waals surface area contributed by atoms with E-state index < -0.39 is 5.92 Å². The minimum Gasteiger partial charge on any atom is -0.508 e. The van der Waals surface area contributed by atoms with E-state index in [4.69, 9.17) is 9.47 Å². The molecule has 0 saturated heterocycles. The van der Waals surface area contributed by atoms with Gasteiger partial charge < -0.3 is 24.8 Å². The monoisotopic (exact) mass is 570 g/mol. The van der Waals surface area contributed by atoms with Gasteiger partial charge in [-0.2, -0.15) is 0 Å². The van der Waals surface area contributed by atoms with E-state index in [2.05, 4.69) is 25.2 Å². The third kappa shape index (κ3) is 7.35. The smallest absolute Gasteiger partial charge is 0.163 e. The molecular formula is C36H42O6. The average Bonchev–Trinajstić information content (AvgIpc) is 2.96. The van der Waals surface area contributed by atoms with E-state index in [9.17, 15) is 20.1 Å². The topological polar surface area (TPSA) is 96.2 Å². The van der Waals surface area contributed by atoms with Crippen molar-refractivity contribution in [3.8, 4) is 23.0 Å². The van der Waals surface area contributed by atoms with Crippen LogP contribution in [0, 0.1) is 17.8 Å². The highest BCUT2D eigenvalue weighted by molar-refractivity contribution is 5.94. The van der Waals surface area contributed by atoms with Crippen molar-refractivity contribution in [3.05, 3.63) is 100 Å². The lowest BCUT2D eigenvalue weighted by Gasteiger charge is -2.38. The Morgan fingerprint density at radius 1 is 1.00 bits per heavy atom. The van der Waals surface area contributed by atoms with Crippen molar-refractivity contribution < 1.29 is 29.6 Å². The summed E-state index contributed by atoms with van der Waals surface area (Å²) >= 11 is 0. The maximum atomic E-state index is 14.0. The summed E-state index contributed by atoms with van der Waals surface area (Å²) in [5, 5.41) is 30.9. The van der Waals surface area contributed by atoms with E-state index in [1.54, 1.807) is 24.3 Å². The molecule has 0 spiro atoms. The summed E-state index contributed by atoms with van der Waals surface area (Å²) in [5.74, 6) is 0.0801. The van der Waals surface area contributed by atoms with Crippen molar-refractivity contribution in [2.45, 2.75) is 52.4 Å². The highest BCUT2D eigenvalue weighted by Crippen LogP contribution is 2.47. The number of hydrogen-bond donors (Lipinski definition) is 3. The van der Waals surface area contributed by atoms with E-state index in [-0.39, 0.29) is 34.9 Å². The van der Waals surface area contributed by atoms with Crippen LogP contribution in [0.4, 0.5) is 0 Å². The summed E-state index contributed by atoms with van der Waals surface area (Å²) < 4.78 is 10.6. The number of aliphatic hydroxyl groups is 1. The van der Waals surface area contributed by atoms with Crippen molar-refractivity contribution in [3.63, 3.8) is 0 Å². The molecule has 0 fully saturated rings. The van der Waals surface area contributed by atoms with Gasteiger partial charge in [-0.3, -0.25) is 4.79 Å². The predicted molar refractivity (Wildman–Crippen MR) is 167 cm³/mol. The summed E-state index contributed by atoms with van der Waals surface area (Å²) in [6.07, 6.45) is 15.1. The summed E-state index contributed by atoms with van der Waals surface area (Å²) in [6.45, 7) is 6.26. The number of methoxy groups -OCH3 is 2. The number of aliphatic hydroxyl groups excluding tert-OH is 1. The minimum atomic E-state index is -0.455. The van der Waals surface area contributed by atoms with Crippen LogP contribution < -0.4 is 9.47 Å². The van der Waals surface area contributed by atoms with Gasteiger partial charge in [0.1, 0.15) is 5.76 Å². The quantitative estimate of drug-likeness (QED) is 0.122. The van der Waals surface area contributed by atoms with E-state index in [1.807, 2.05) is 26.0 Å². The number of phenolic OH excluding ortho intramolecular Hbond substituents is 2. The predicted octanol–water partition coefficient (Wildman–Crippen LogP) is 8.20. The zero-order valence-corrected chi connectivity index (χ0v) is 25.1. The number of ether oxygens (including phenoxy) is 2. The lowest BCUT2D eigenvalue weighted by molar-refractivity contribution is -0.120. The normalized spacial score (nSPS) is 22.7. The van der Waals surface area contributed by atoms with E-state index >= 15 is 0 Å². The fraction of sp³-hybridized carbons (Fsp3) is 0.361. The van der Waals surface area contributed by atoms with Crippen LogP contribution in [-0.4, -0.2) is 35.3 Å². The molecule has 0 aliphatic heterocycles. The van der Waals surface area contributed by atoms with E-state index in [0.717, 1.165) is 30.4 Å². The summed E-state index contributed by atoms with van der Waals surface area (Å²) in [7, 11) is 2.99. The zero-order valence-electron chi connectivity index (χ0n) is 25.1. The molecule has 6 heteroatoms. The van der Waals surface area contributed by atoms with Crippen LogP contribution >= 0.6 is 0 Å². The zero-order chi connectivity index (χ0) is 30.4. The van der Waals surface area contributed by atoms with Crippen LogP contribution in [0.5, 0.6) is 23.0 Å². The van der Waals surface area contributed by atoms with Crippen LogP contribution in [-0.2, 0) is 4.79 Å². The number of carbonyl (C=O) groups is 1. The Balaban J connectivity index is 1.73. The second-order valence-corrected chi connectivity index (χ2v) is 11.6. The second-order valence-electron chi connectivity index (χ2n) is 11.6. The van der Waals surface area contributed by atoms with Gasteiger partial charge in [0.15, 0.2) is 28.8 Å². The Morgan fingerprint density at radius 3 is 2.33 bits per heavy atom. The van der Waals surface area contributed by atoms with Crippen LogP contribution in [0.1, 0.15) is 63.5 Å². The molecule has 0 unspecified atom stereocenters. The molecule has 0 bridgehead atoms. The van der Waals surface area contributed by atoms with Crippen LogP contribution in [0.25, 0.3) is 6.08 Å². The summed E-state index contributed by atoms with van der Waals surface area (Å²) in [5.41, 5.74) is 5.53. The number of aromatic hydroxyl groups is 2. The molecule has 0 saturated carbocycles. The van der Waals surface area contributed by atoms with Crippen molar-refractivity contribution in [1.29, 1.82) is 0 Å². The van der Waals surface area contributed by atoms with Gasteiger partial charge >= 0.3 is 0 Å². The molecule has 0 aromatic heterocycles. The van der Waals surface area contributed by atoms with Crippen LogP contribution in [0.3, 0.4) is 0 Å². The Hall–Kier alpha value is -4.19. The SMILES string of the molecule is COc1cc(/C=C/C(O)=C/C(=O)[C@H]2[C@@H](C=C(C)C)C=C([C@H]3CC=C(C)CC3)C[C@@H]2c2ccc(O)c(OC)c2)ccc1O. The third-order valence-corrected chi connectivity index (χ3v) is 8.30. The number of carbonyl (C=O) groups excluding carboxylic acids is 1. The number of allylic oxidation sites excluding steroid dienone is 8. The van der Waals surface area contributed by atoms with Gasteiger partial charge in [-0.1, -0.05) is 53.2 Å². The van der Waals surface area contributed by atoms with Crippen molar-refractivity contribution in [2.75, 3.05) is 14.2 Å². The molecule has 4 atom stereocenters. The lowest BCUT2D eigenvalue weighted by atomic mass is 9.65. The molecule has 2 aromatic rings. The first-order valence-corrected chi connectivity index (χ1v) is 14.5. The van der Waals surface area contributed by atoms with E-state index in [0.29, 0.717) is 29.4 Å². The van der Waals surface area contributed by atoms with E-state index in [1.165, 1.54) is 43.6 Å². The Labute approximate surface area is 249 Å². The molecule has 3 N–H and O–H groups in total. The number of ketones is 1. The van der Waals surface area contributed by atoms with Gasteiger partial charge in [0.05, 0.1) is 14.2 Å². The highest BCUT2D eigenvalue weighted by Gasteiger charge is 2.39. The number of hydrogen-bond acceptors (Lipinski definition) is 6. The number of rotatable bonds is 9. The Morgan fingerprint density at radius 2 is 1.69 bits per heavy atom. The molecular weight excluding hydrogens is 528 g/mol. The fourth-order valence-corrected chi connectivity index (χ4v) is 6.12. The van der Waals surface area contributed by atoms with Gasteiger partial charge in [0.2, 0.25) is 0 Å². The van der Waals surface area contributed by atoms with Crippen molar-refractivity contribution >= 4 is 11.9 Å². The molecule has 0 heterocycles. The molecule has 4 rings (SSSR count). The maximum absolute atomic E-state index is 14.0. The third-order valence-electron chi connectivity index (χ3n) is 8.30. The first kappa shape index (κ1) is 30.8. The summed E-state index contributed by atoms with van der Waals surface area (Å²) in [6, 6.07) is 10.2. The Bertz CT molecular complexity index is 1450.